The molecule has 1 heterocycles. The largest absolute Gasteiger partial charge is 0.462 e. The van der Waals surface area contributed by atoms with Crippen molar-refractivity contribution in [2.45, 2.75) is 116 Å². The number of Topliss-reactive ketones (excluding diaryl/α,β-unsaturated/α-hetero) is 1. The van der Waals surface area contributed by atoms with Crippen molar-refractivity contribution in [1.29, 1.82) is 0 Å². The minimum Gasteiger partial charge on any atom is -0.462 e. The van der Waals surface area contributed by atoms with Crippen molar-refractivity contribution in [2.24, 2.45) is 39.9 Å². The monoisotopic (exact) mass is 428 g/mol. The first-order valence-electron chi connectivity index (χ1n) is 13.0. The number of carbonyl (C=O) groups excluding carboxylic acids is 2. The van der Waals surface area contributed by atoms with Crippen LogP contribution < -0.4 is 0 Å². The van der Waals surface area contributed by atoms with Gasteiger partial charge in [0.1, 0.15) is 17.5 Å². The molecule has 172 valence electrons. The van der Waals surface area contributed by atoms with Gasteiger partial charge >= 0.3 is 5.97 Å². The molecular formula is C27H40O4. The lowest BCUT2D eigenvalue weighted by atomic mass is 9.42. The summed E-state index contributed by atoms with van der Waals surface area (Å²) < 4.78 is 12.2. The highest BCUT2D eigenvalue weighted by molar-refractivity contribution is 5.84. The molecule has 0 aromatic carbocycles. The van der Waals surface area contributed by atoms with Crippen LogP contribution in [0.1, 0.15) is 98.3 Å². The molecule has 1 spiro atoms. The Morgan fingerprint density at radius 3 is 2.42 bits per heavy atom. The lowest BCUT2D eigenvalue weighted by molar-refractivity contribution is -0.163. The standard InChI is InChI=1S/C27H40O4/c1-16(28)26-10-6-5-7-18(26)13-22-20-14-23-27(31-23)15-19(30-17(2)29)8-11-25(27,4)21(20)9-12-24(22,26)3/h18-23H,5-15H2,1-4H3/t18-,19+,20-,21+,22-,23-,24-,25+,26-,27-/m0/s1. The highest BCUT2D eigenvalue weighted by Gasteiger charge is 2.78. The Hall–Kier alpha value is -0.900. The van der Waals surface area contributed by atoms with E-state index in [1.54, 1.807) is 0 Å². The van der Waals surface area contributed by atoms with Crippen LogP contribution in [0.5, 0.6) is 0 Å². The van der Waals surface area contributed by atoms with E-state index in [0.29, 0.717) is 35.6 Å². The summed E-state index contributed by atoms with van der Waals surface area (Å²) in [6.45, 7) is 8.45. The summed E-state index contributed by atoms with van der Waals surface area (Å²) >= 11 is 0. The second kappa shape index (κ2) is 6.36. The van der Waals surface area contributed by atoms with E-state index in [1.165, 1.54) is 45.4 Å². The SMILES string of the molecule is CC(=O)O[C@@H]1CC[C@]2(C)[C@@H]3CC[C@@]4(C)[C@@H](C[C@@H]5CCCC[C@]54C(C)=O)[C@H]3C[C@@H]3O[C@@]32C1. The average molecular weight is 429 g/mol. The molecule has 4 heteroatoms. The molecule has 0 N–H and O–H groups in total. The number of ether oxygens (including phenoxy) is 2. The maximum Gasteiger partial charge on any atom is 0.302 e. The van der Waals surface area contributed by atoms with Gasteiger partial charge in [0, 0.05) is 24.2 Å². The summed E-state index contributed by atoms with van der Waals surface area (Å²) in [4.78, 5) is 24.8. The normalized spacial score (nSPS) is 56.9. The van der Waals surface area contributed by atoms with Crippen molar-refractivity contribution in [1.82, 2.24) is 0 Å². The van der Waals surface area contributed by atoms with Crippen LogP contribution in [0, 0.1) is 39.9 Å². The van der Waals surface area contributed by atoms with Crippen molar-refractivity contribution in [3.63, 3.8) is 0 Å². The van der Waals surface area contributed by atoms with E-state index < -0.39 is 0 Å². The van der Waals surface area contributed by atoms with Gasteiger partial charge in [-0.25, -0.2) is 0 Å². The van der Waals surface area contributed by atoms with Gasteiger partial charge in [0.2, 0.25) is 0 Å². The van der Waals surface area contributed by atoms with Crippen molar-refractivity contribution in [3.8, 4) is 0 Å². The van der Waals surface area contributed by atoms with E-state index in [-0.39, 0.29) is 33.9 Å². The number of carbonyl (C=O) groups is 2. The Morgan fingerprint density at radius 2 is 1.68 bits per heavy atom. The van der Waals surface area contributed by atoms with Crippen LogP contribution >= 0.6 is 0 Å². The van der Waals surface area contributed by atoms with E-state index in [1.807, 2.05) is 6.92 Å². The summed E-state index contributed by atoms with van der Waals surface area (Å²) in [6, 6.07) is 0. The molecule has 1 aliphatic heterocycles. The fourth-order valence-electron chi connectivity index (χ4n) is 10.8. The molecule has 6 rings (SSSR count). The van der Waals surface area contributed by atoms with Crippen molar-refractivity contribution in [3.05, 3.63) is 0 Å². The zero-order valence-corrected chi connectivity index (χ0v) is 19.9. The lowest BCUT2D eigenvalue weighted by Crippen LogP contribution is -2.60. The zero-order chi connectivity index (χ0) is 21.8. The van der Waals surface area contributed by atoms with Crippen LogP contribution in [-0.2, 0) is 19.1 Å². The molecule has 4 nitrogen and oxygen atoms in total. The molecule has 0 aromatic rings. The first-order valence-corrected chi connectivity index (χ1v) is 13.0. The molecule has 0 unspecified atom stereocenters. The highest BCUT2D eigenvalue weighted by atomic mass is 16.6. The Labute approximate surface area is 187 Å². The van der Waals surface area contributed by atoms with Gasteiger partial charge in [0.05, 0.1) is 6.10 Å². The molecule has 6 aliphatic rings. The number of hydrogen-bond acceptors (Lipinski definition) is 4. The summed E-state index contributed by atoms with van der Waals surface area (Å²) in [5.74, 6) is 2.98. The molecule has 0 bridgehead atoms. The Kier molecular flexibility index (Phi) is 4.25. The third-order valence-electron chi connectivity index (χ3n) is 12.0. The number of epoxide rings is 1. The van der Waals surface area contributed by atoms with E-state index in [2.05, 4.69) is 13.8 Å². The summed E-state index contributed by atoms with van der Waals surface area (Å²) in [7, 11) is 0. The Bertz CT molecular complexity index is 822. The molecule has 1 saturated heterocycles. The predicted octanol–water partition coefficient (Wildman–Crippen LogP) is 5.47. The molecule has 5 saturated carbocycles. The van der Waals surface area contributed by atoms with Crippen LogP contribution in [-0.4, -0.2) is 29.6 Å². The van der Waals surface area contributed by atoms with E-state index >= 15 is 0 Å². The van der Waals surface area contributed by atoms with Crippen LogP contribution in [0.2, 0.25) is 0 Å². The van der Waals surface area contributed by atoms with Gasteiger partial charge in [-0.1, -0.05) is 26.7 Å². The molecule has 31 heavy (non-hydrogen) atoms. The molecular weight excluding hydrogens is 388 g/mol. The summed E-state index contributed by atoms with van der Waals surface area (Å²) in [5.41, 5.74) is 0.235. The molecule has 5 aliphatic carbocycles. The van der Waals surface area contributed by atoms with Gasteiger partial charge in [-0.2, -0.15) is 0 Å². The number of esters is 1. The minimum atomic E-state index is -0.160. The topological polar surface area (TPSA) is 55.9 Å². The summed E-state index contributed by atoms with van der Waals surface area (Å²) in [5, 5.41) is 0. The lowest BCUT2D eigenvalue weighted by Gasteiger charge is -2.61. The van der Waals surface area contributed by atoms with Crippen molar-refractivity contribution < 1.29 is 19.1 Å². The van der Waals surface area contributed by atoms with Gasteiger partial charge < -0.3 is 9.47 Å². The van der Waals surface area contributed by atoms with Gasteiger partial charge in [0.15, 0.2) is 0 Å². The van der Waals surface area contributed by atoms with Crippen molar-refractivity contribution >= 4 is 11.8 Å². The third kappa shape index (κ3) is 2.36. The van der Waals surface area contributed by atoms with Crippen LogP contribution in [0.25, 0.3) is 0 Å². The van der Waals surface area contributed by atoms with Gasteiger partial charge in [-0.3, -0.25) is 9.59 Å². The van der Waals surface area contributed by atoms with Gasteiger partial charge in [0.25, 0.3) is 0 Å². The number of rotatable bonds is 2. The van der Waals surface area contributed by atoms with E-state index in [0.717, 1.165) is 32.1 Å². The Balaban J connectivity index is 1.33. The maximum atomic E-state index is 13.2. The van der Waals surface area contributed by atoms with Gasteiger partial charge in [-0.05, 0) is 87.4 Å². The Morgan fingerprint density at radius 1 is 0.903 bits per heavy atom. The second-order valence-electron chi connectivity index (χ2n) is 12.7. The summed E-state index contributed by atoms with van der Waals surface area (Å²) in [6.07, 6.45) is 13.1. The van der Waals surface area contributed by atoms with Crippen LogP contribution in [0.4, 0.5) is 0 Å². The van der Waals surface area contributed by atoms with Crippen LogP contribution in [0.3, 0.4) is 0 Å². The average Bonchev–Trinajstić information content (AvgIpc) is 3.33. The predicted molar refractivity (Wildman–Crippen MR) is 117 cm³/mol. The van der Waals surface area contributed by atoms with Crippen molar-refractivity contribution in [2.75, 3.05) is 0 Å². The number of hydrogen-bond donors (Lipinski definition) is 0. The number of fused-ring (bicyclic) bond motifs is 6. The fraction of sp³-hybridized carbons (Fsp3) is 0.926. The minimum absolute atomic E-state index is 0.0244. The van der Waals surface area contributed by atoms with Crippen LogP contribution in [0.15, 0.2) is 0 Å². The quantitative estimate of drug-likeness (QED) is 0.432. The maximum absolute atomic E-state index is 13.2. The van der Waals surface area contributed by atoms with E-state index in [4.69, 9.17) is 9.47 Å². The molecule has 6 fully saturated rings. The number of ketones is 1. The molecule has 0 radical (unpaired) electrons. The first kappa shape index (κ1) is 20.7. The van der Waals surface area contributed by atoms with Gasteiger partial charge in [-0.15, -0.1) is 0 Å². The fourth-order valence-corrected chi connectivity index (χ4v) is 10.8. The smallest absolute Gasteiger partial charge is 0.302 e. The zero-order valence-electron chi connectivity index (χ0n) is 19.9. The first-order chi connectivity index (χ1) is 14.7. The third-order valence-corrected chi connectivity index (χ3v) is 12.0. The second-order valence-corrected chi connectivity index (χ2v) is 12.7. The molecule has 0 aromatic heterocycles. The highest BCUT2D eigenvalue weighted by Crippen LogP contribution is 2.77. The molecule has 10 atom stereocenters. The molecule has 0 amide bonds. The van der Waals surface area contributed by atoms with E-state index in [9.17, 15) is 9.59 Å².